The minimum Gasteiger partial charge on any atom is -0.477 e. The third-order valence-corrected chi connectivity index (χ3v) is 7.68. The number of hydrogen-bond donors (Lipinski definition) is 4. The molecule has 1 unspecified atom stereocenters. The van der Waals surface area contributed by atoms with Crippen LogP contribution in [0.4, 0.5) is 5.13 Å². The van der Waals surface area contributed by atoms with E-state index in [0.29, 0.717) is 16.5 Å². The molecule has 0 saturated carbocycles. The maximum absolute atomic E-state index is 12.8. The summed E-state index contributed by atoms with van der Waals surface area (Å²) in [7, 11) is 1.66. The summed E-state index contributed by atoms with van der Waals surface area (Å²) in [6.45, 7) is 0. The normalized spacial score (nSPS) is 20.1. The number of tetrazole rings is 1. The van der Waals surface area contributed by atoms with Gasteiger partial charge in [-0.05, 0) is 16.0 Å². The van der Waals surface area contributed by atoms with Gasteiger partial charge in [0.1, 0.15) is 22.8 Å². The molecule has 2 amide bonds. The van der Waals surface area contributed by atoms with Gasteiger partial charge < -0.3 is 21.4 Å². The van der Waals surface area contributed by atoms with Crippen molar-refractivity contribution in [2.45, 2.75) is 16.6 Å². The molecule has 14 nitrogen and oxygen atoms in total. The highest BCUT2D eigenvalue weighted by molar-refractivity contribution is 8.93. The molecule has 4 heterocycles. The molecule has 0 radical (unpaired) electrons. The van der Waals surface area contributed by atoms with Crippen molar-refractivity contribution in [3.63, 3.8) is 0 Å². The first kappa shape index (κ1) is 24.9. The Kier molecular flexibility index (Phi) is 7.60. The molecule has 176 valence electrons. The van der Waals surface area contributed by atoms with Crippen LogP contribution in [-0.4, -0.2) is 86.8 Å². The number of β-lactam (4-membered cyclic amide) rings is 1. The second-order valence-electron chi connectivity index (χ2n) is 6.51. The molecule has 2 aromatic heterocycles. The van der Waals surface area contributed by atoms with Crippen molar-refractivity contribution >= 4 is 80.5 Å². The molecule has 2 aliphatic heterocycles. The van der Waals surface area contributed by atoms with E-state index < -0.39 is 34.9 Å². The number of rotatable bonds is 7. The predicted molar refractivity (Wildman–Crippen MR) is 124 cm³/mol. The number of nitrogens with zero attached hydrogens (tertiary/aromatic N) is 7. The summed E-state index contributed by atoms with van der Waals surface area (Å²) < 4.78 is 1.46. The van der Waals surface area contributed by atoms with Gasteiger partial charge in [-0.15, -0.1) is 45.2 Å². The standard InChI is InChI=1S/C15H15N9O5S3.BrH/c1-23-15(19-21-22-23)32-3-5-2-30-12-8(11(26)24(12)9(5)13(27)28)18-10(25)7(20-29)6-4-31-14(16)17-6;/h4,8,12,29H,2-3H2,1H3,(H2,16,17)(H,18,25)(H,27,28);1H/t8?,12-;/m1./s1. The number of anilines is 1. The quantitative estimate of drug-likeness (QED) is 0.108. The number of thioether (sulfide) groups is 2. The number of carbonyl (C=O) groups is 3. The van der Waals surface area contributed by atoms with E-state index >= 15 is 0 Å². The van der Waals surface area contributed by atoms with E-state index in [-0.39, 0.29) is 39.3 Å². The number of hydrogen-bond acceptors (Lipinski definition) is 13. The topological polar surface area (TPSA) is 202 Å². The first-order valence-electron chi connectivity index (χ1n) is 8.81. The molecule has 1 saturated heterocycles. The zero-order chi connectivity index (χ0) is 23.0. The van der Waals surface area contributed by atoms with Gasteiger partial charge in [-0.2, -0.15) is 0 Å². The molecule has 0 aliphatic carbocycles. The highest BCUT2D eigenvalue weighted by Gasteiger charge is 2.54. The fourth-order valence-corrected chi connectivity index (χ4v) is 5.99. The number of thiazole rings is 1. The van der Waals surface area contributed by atoms with Crippen molar-refractivity contribution in [3.8, 4) is 0 Å². The minimum atomic E-state index is -1.24. The zero-order valence-corrected chi connectivity index (χ0v) is 20.8. The average molecular weight is 578 g/mol. The van der Waals surface area contributed by atoms with Crippen LogP contribution >= 0.6 is 51.8 Å². The largest absolute Gasteiger partial charge is 0.477 e. The number of carboxylic acids is 1. The lowest BCUT2D eigenvalue weighted by Crippen LogP contribution is -2.71. The van der Waals surface area contributed by atoms with Crippen LogP contribution in [0.1, 0.15) is 5.69 Å². The van der Waals surface area contributed by atoms with E-state index in [2.05, 4.69) is 31.0 Å². The molecule has 1 fully saturated rings. The van der Waals surface area contributed by atoms with Gasteiger partial charge in [0.25, 0.3) is 11.8 Å². The van der Waals surface area contributed by atoms with Crippen LogP contribution in [0, 0.1) is 0 Å². The van der Waals surface area contributed by atoms with Gasteiger partial charge in [0, 0.05) is 23.9 Å². The van der Waals surface area contributed by atoms with E-state index in [4.69, 9.17) is 5.73 Å². The second-order valence-corrected chi connectivity index (χ2v) is 9.45. The van der Waals surface area contributed by atoms with E-state index in [0.717, 1.165) is 16.2 Å². The minimum absolute atomic E-state index is 0. The number of fused-ring (bicyclic) bond motifs is 1. The van der Waals surface area contributed by atoms with Crippen molar-refractivity contribution < 1.29 is 24.7 Å². The Hall–Kier alpha value is -2.70. The highest BCUT2D eigenvalue weighted by Crippen LogP contribution is 2.41. The Morgan fingerprint density at radius 3 is 2.79 bits per heavy atom. The number of halogens is 1. The predicted octanol–water partition coefficient (Wildman–Crippen LogP) is -0.464. The molecule has 33 heavy (non-hydrogen) atoms. The number of carbonyl (C=O) groups excluding carboxylic acids is 2. The Morgan fingerprint density at radius 1 is 1.45 bits per heavy atom. The molecule has 2 atom stereocenters. The summed E-state index contributed by atoms with van der Waals surface area (Å²) >= 11 is 3.63. The van der Waals surface area contributed by atoms with Crippen molar-refractivity contribution in [1.29, 1.82) is 0 Å². The zero-order valence-electron chi connectivity index (χ0n) is 16.6. The van der Waals surface area contributed by atoms with Crippen molar-refractivity contribution in [1.82, 2.24) is 35.4 Å². The lowest BCUT2D eigenvalue weighted by molar-refractivity contribution is -0.150. The van der Waals surface area contributed by atoms with Crippen molar-refractivity contribution in [3.05, 3.63) is 22.3 Å². The van der Waals surface area contributed by atoms with Gasteiger partial charge in [-0.3, -0.25) is 14.5 Å². The molecule has 18 heteroatoms. The van der Waals surface area contributed by atoms with Crippen LogP contribution in [0.2, 0.25) is 0 Å². The van der Waals surface area contributed by atoms with E-state index in [1.165, 1.54) is 33.6 Å². The van der Waals surface area contributed by atoms with Crippen molar-refractivity contribution in [2.24, 2.45) is 12.2 Å². The average Bonchev–Trinajstić information content (AvgIpc) is 3.37. The lowest BCUT2D eigenvalue weighted by Gasteiger charge is -2.49. The number of nitrogen functional groups attached to an aromatic ring is 1. The lowest BCUT2D eigenvalue weighted by atomic mass is 10.0. The SMILES string of the molecule is Br.Cn1nnnc1SCC1=C(C(=O)O)N2C(=O)C(NC(=O)C(=NO)c3csc(N)n3)[C@H]2SC1. The van der Waals surface area contributed by atoms with Crippen LogP contribution in [0.15, 0.2) is 27.0 Å². The number of aliphatic carboxylic acids is 1. The van der Waals surface area contributed by atoms with Gasteiger partial charge in [-0.1, -0.05) is 16.9 Å². The van der Waals surface area contributed by atoms with Crippen LogP contribution in [-0.2, 0) is 21.4 Å². The Bertz CT molecular complexity index is 1170. The van der Waals surface area contributed by atoms with Gasteiger partial charge in [0.15, 0.2) is 10.8 Å². The van der Waals surface area contributed by atoms with Gasteiger partial charge in [0.05, 0.1) is 0 Å². The Morgan fingerprint density at radius 2 is 2.21 bits per heavy atom. The number of carboxylic acid groups (broad SMARTS) is 1. The number of aromatic nitrogens is 5. The summed E-state index contributed by atoms with van der Waals surface area (Å²) in [5, 5.41) is 37.0. The molecule has 5 N–H and O–H groups in total. The number of nitrogens with one attached hydrogen (secondary N) is 1. The highest BCUT2D eigenvalue weighted by atomic mass is 79.9. The van der Waals surface area contributed by atoms with Crippen LogP contribution in [0.25, 0.3) is 0 Å². The van der Waals surface area contributed by atoms with E-state index in [1.54, 1.807) is 7.05 Å². The van der Waals surface area contributed by atoms with Crippen LogP contribution in [0.5, 0.6) is 0 Å². The second kappa shape index (κ2) is 10.1. The van der Waals surface area contributed by atoms with Gasteiger partial charge in [0.2, 0.25) is 5.16 Å². The first-order valence-corrected chi connectivity index (χ1v) is 11.7. The molecule has 0 spiro atoms. The molecule has 2 aromatic rings. The fourth-order valence-electron chi connectivity index (χ4n) is 3.11. The summed E-state index contributed by atoms with van der Waals surface area (Å²) in [4.78, 5) is 42.3. The van der Waals surface area contributed by atoms with Crippen molar-refractivity contribution in [2.75, 3.05) is 17.2 Å². The maximum Gasteiger partial charge on any atom is 0.352 e. The summed E-state index contributed by atoms with van der Waals surface area (Å²) in [5.41, 5.74) is 5.64. The monoisotopic (exact) mass is 577 g/mol. The molecule has 2 aliphatic rings. The van der Waals surface area contributed by atoms with E-state index in [9.17, 15) is 24.7 Å². The third kappa shape index (κ3) is 4.68. The summed E-state index contributed by atoms with van der Waals surface area (Å²) in [5.74, 6) is -2.03. The smallest absolute Gasteiger partial charge is 0.352 e. The molecular formula is C15H16BrN9O5S3. The number of aryl methyl sites for hydroxylation is 1. The number of amides is 2. The first-order chi connectivity index (χ1) is 15.3. The summed E-state index contributed by atoms with van der Waals surface area (Å²) in [6, 6.07) is -0.980. The van der Waals surface area contributed by atoms with Gasteiger partial charge in [-0.25, -0.2) is 14.5 Å². The Balaban J connectivity index is 0.00000306. The van der Waals surface area contributed by atoms with Crippen LogP contribution in [0.3, 0.4) is 0 Å². The van der Waals surface area contributed by atoms with Crippen LogP contribution < -0.4 is 11.1 Å². The fraction of sp³-hybridized carbons (Fsp3) is 0.333. The Labute approximate surface area is 208 Å². The molecule has 0 aromatic carbocycles. The van der Waals surface area contributed by atoms with Gasteiger partial charge >= 0.3 is 5.97 Å². The third-order valence-electron chi connectivity index (χ3n) is 4.57. The molecule has 0 bridgehead atoms. The summed E-state index contributed by atoms with van der Waals surface area (Å²) in [6.07, 6.45) is 0. The number of oxime groups is 1. The molecule has 4 rings (SSSR count). The number of nitrogens with two attached hydrogens (primary N) is 1. The maximum atomic E-state index is 12.8. The van der Waals surface area contributed by atoms with E-state index in [1.807, 2.05) is 0 Å². The molecular weight excluding hydrogens is 562 g/mol.